The molecule has 3 heterocycles. The Morgan fingerprint density at radius 3 is 2.29 bits per heavy atom. The first kappa shape index (κ1) is 16.9. The number of ketones is 1. The van der Waals surface area contributed by atoms with E-state index in [1.54, 1.807) is 6.20 Å². The zero-order valence-corrected chi connectivity index (χ0v) is 14.9. The van der Waals surface area contributed by atoms with Crippen LogP contribution < -0.4 is 0 Å². The lowest BCUT2D eigenvalue weighted by Crippen LogP contribution is -2.49. The summed E-state index contributed by atoms with van der Waals surface area (Å²) in [5, 5.41) is 0. The second-order valence-corrected chi connectivity index (χ2v) is 7.99. The molecule has 0 radical (unpaired) electrons. The van der Waals surface area contributed by atoms with Crippen molar-refractivity contribution >= 4 is 11.9 Å². The fourth-order valence-electron chi connectivity index (χ4n) is 3.85. The summed E-state index contributed by atoms with van der Waals surface area (Å²) in [7, 11) is 0. The first-order valence-corrected chi connectivity index (χ1v) is 8.73. The van der Waals surface area contributed by atoms with Crippen LogP contribution in [0.25, 0.3) is 0 Å². The SMILES string of the molecule is Cc1ccc(C(=O)C2CC3CCC(C2)N3C(=O)OC(C)(C)C)cn1. The number of ether oxygens (including phenoxy) is 1. The van der Waals surface area contributed by atoms with Crippen LogP contribution in [0.2, 0.25) is 0 Å². The maximum atomic E-state index is 12.8. The Labute approximate surface area is 143 Å². The van der Waals surface area contributed by atoms with E-state index in [2.05, 4.69) is 4.98 Å². The summed E-state index contributed by atoms with van der Waals surface area (Å²) in [5.41, 5.74) is 1.10. The van der Waals surface area contributed by atoms with E-state index in [4.69, 9.17) is 4.74 Å². The first-order chi connectivity index (χ1) is 11.2. The molecule has 2 saturated heterocycles. The van der Waals surface area contributed by atoms with Gasteiger partial charge in [0.25, 0.3) is 0 Å². The van der Waals surface area contributed by atoms with Gasteiger partial charge in [0.1, 0.15) is 5.60 Å². The zero-order valence-electron chi connectivity index (χ0n) is 14.9. The summed E-state index contributed by atoms with van der Waals surface area (Å²) in [6.45, 7) is 7.56. The number of amides is 1. The van der Waals surface area contributed by atoms with Gasteiger partial charge in [-0.25, -0.2) is 4.79 Å². The van der Waals surface area contributed by atoms with E-state index >= 15 is 0 Å². The summed E-state index contributed by atoms with van der Waals surface area (Å²) in [4.78, 5) is 31.3. The van der Waals surface area contributed by atoms with E-state index in [1.165, 1.54) is 0 Å². The second kappa shape index (κ2) is 6.19. The van der Waals surface area contributed by atoms with Gasteiger partial charge < -0.3 is 9.64 Å². The third-order valence-corrected chi connectivity index (χ3v) is 4.90. The Balaban J connectivity index is 1.70. The van der Waals surface area contributed by atoms with Crippen LogP contribution in [0.1, 0.15) is 62.5 Å². The molecule has 2 aliphatic heterocycles. The number of carbonyl (C=O) groups is 2. The molecule has 24 heavy (non-hydrogen) atoms. The molecule has 1 aromatic heterocycles. The van der Waals surface area contributed by atoms with Crippen LogP contribution in [0, 0.1) is 12.8 Å². The van der Waals surface area contributed by atoms with E-state index in [0.29, 0.717) is 5.56 Å². The summed E-state index contributed by atoms with van der Waals surface area (Å²) in [5.74, 6) is 0.133. The van der Waals surface area contributed by atoms with Crippen LogP contribution in [-0.4, -0.2) is 39.4 Å². The van der Waals surface area contributed by atoms with Gasteiger partial charge in [-0.2, -0.15) is 0 Å². The van der Waals surface area contributed by atoms with Crippen LogP contribution in [0.15, 0.2) is 18.3 Å². The van der Waals surface area contributed by atoms with Crippen LogP contribution >= 0.6 is 0 Å². The molecule has 2 bridgehead atoms. The monoisotopic (exact) mass is 330 g/mol. The zero-order chi connectivity index (χ0) is 17.5. The minimum atomic E-state index is -0.489. The Kier molecular flexibility index (Phi) is 4.37. The number of hydrogen-bond donors (Lipinski definition) is 0. The number of aromatic nitrogens is 1. The Bertz CT molecular complexity index is 619. The summed E-state index contributed by atoms with van der Waals surface area (Å²) in [6.07, 6.45) is 4.79. The normalized spacial score (nSPS) is 26.3. The predicted molar refractivity (Wildman–Crippen MR) is 90.9 cm³/mol. The van der Waals surface area contributed by atoms with Crippen molar-refractivity contribution in [3.05, 3.63) is 29.6 Å². The van der Waals surface area contributed by atoms with Gasteiger partial charge >= 0.3 is 6.09 Å². The van der Waals surface area contributed by atoms with Gasteiger partial charge in [-0.3, -0.25) is 9.78 Å². The molecule has 1 amide bonds. The number of hydrogen-bond acceptors (Lipinski definition) is 4. The van der Waals surface area contributed by atoms with E-state index in [0.717, 1.165) is 31.4 Å². The number of rotatable bonds is 2. The molecule has 2 atom stereocenters. The molecular formula is C19H26N2O3. The van der Waals surface area contributed by atoms with E-state index in [1.807, 2.05) is 44.7 Å². The molecule has 1 aromatic rings. The van der Waals surface area contributed by atoms with Crippen LogP contribution in [0.3, 0.4) is 0 Å². The van der Waals surface area contributed by atoms with Crippen molar-refractivity contribution in [1.29, 1.82) is 0 Å². The number of Topliss-reactive ketones (excluding diaryl/α,β-unsaturated/α-hetero) is 1. The average Bonchev–Trinajstić information content (AvgIpc) is 2.76. The molecule has 2 aliphatic rings. The van der Waals surface area contributed by atoms with Crippen LogP contribution in [-0.2, 0) is 4.74 Å². The van der Waals surface area contributed by atoms with E-state index in [9.17, 15) is 9.59 Å². The molecule has 0 saturated carbocycles. The second-order valence-electron chi connectivity index (χ2n) is 7.99. The Morgan fingerprint density at radius 2 is 1.79 bits per heavy atom. The van der Waals surface area contributed by atoms with Gasteiger partial charge in [0.15, 0.2) is 5.78 Å². The third-order valence-electron chi connectivity index (χ3n) is 4.90. The summed E-state index contributed by atoms with van der Waals surface area (Å²) >= 11 is 0. The highest BCUT2D eigenvalue weighted by atomic mass is 16.6. The van der Waals surface area contributed by atoms with Gasteiger partial charge in [-0.15, -0.1) is 0 Å². The highest BCUT2D eigenvalue weighted by Gasteiger charge is 2.46. The Hall–Kier alpha value is -1.91. The van der Waals surface area contributed by atoms with Crippen molar-refractivity contribution in [2.45, 2.75) is 71.1 Å². The van der Waals surface area contributed by atoms with Crippen LogP contribution in [0.5, 0.6) is 0 Å². The Morgan fingerprint density at radius 1 is 1.17 bits per heavy atom. The number of nitrogens with zero attached hydrogens (tertiary/aromatic N) is 2. The van der Waals surface area contributed by atoms with Crippen molar-refractivity contribution in [2.24, 2.45) is 5.92 Å². The topological polar surface area (TPSA) is 59.5 Å². The lowest BCUT2D eigenvalue weighted by Gasteiger charge is -2.39. The molecule has 0 aromatic carbocycles. The maximum absolute atomic E-state index is 12.8. The van der Waals surface area contributed by atoms with Gasteiger partial charge in [0.05, 0.1) is 0 Å². The minimum Gasteiger partial charge on any atom is -0.444 e. The van der Waals surface area contributed by atoms with E-state index in [-0.39, 0.29) is 29.9 Å². The van der Waals surface area contributed by atoms with Crippen LogP contribution in [0.4, 0.5) is 4.79 Å². The van der Waals surface area contributed by atoms with Crippen molar-refractivity contribution in [2.75, 3.05) is 0 Å². The van der Waals surface area contributed by atoms with Gasteiger partial charge in [0.2, 0.25) is 0 Å². The minimum absolute atomic E-state index is 0.0225. The number of aryl methyl sites for hydroxylation is 1. The largest absolute Gasteiger partial charge is 0.444 e. The molecule has 5 heteroatoms. The van der Waals surface area contributed by atoms with Crippen molar-refractivity contribution < 1.29 is 14.3 Å². The quantitative estimate of drug-likeness (QED) is 0.775. The summed E-state index contributed by atoms with van der Waals surface area (Å²) in [6, 6.07) is 3.96. The van der Waals surface area contributed by atoms with E-state index < -0.39 is 5.60 Å². The van der Waals surface area contributed by atoms with Crippen molar-refractivity contribution in [1.82, 2.24) is 9.88 Å². The molecular weight excluding hydrogens is 304 g/mol. The van der Waals surface area contributed by atoms with Crippen molar-refractivity contribution in [3.8, 4) is 0 Å². The third kappa shape index (κ3) is 3.45. The van der Waals surface area contributed by atoms with Gasteiger partial charge in [-0.1, -0.05) is 0 Å². The molecule has 0 aliphatic carbocycles. The number of pyridine rings is 1. The predicted octanol–water partition coefficient (Wildman–Crippen LogP) is 3.75. The molecule has 0 spiro atoms. The fraction of sp³-hybridized carbons (Fsp3) is 0.632. The highest BCUT2D eigenvalue weighted by Crippen LogP contribution is 2.40. The standard InChI is InChI=1S/C19H26N2O3/c1-12-5-6-13(11-20-12)17(22)14-9-15-7-8-16(10-14)21(15)18(23)24-19(2,3)4/h5-6,11,14-16H,7-10H2,1-4H3. The lowest BCUT2D eigenvalue weighted by atomic mass is 9.85. The summed E-state index contributed by atoms with van der Waals surface area (Å²) < 4.78 is 5.54. The molecule has 2 fully saturated rings. The van der Waals surface area contributed by atoms with Gasteiger partial charge in [0, 0.05) is 35.5 Å². The van der Waals surface area contributed by atoms with Crippen molar-refractivity contribution in [3.63, 3.8) is 0 Å². The average molecular weight is 330 g/mol. The fourth-order valence-corrected chi connectivity index (χ4v) is 3.85. The first-order valence-electron chi connectivity index (χ1n) is 8.73. The maximum Gasteiger partial charge on any atom is 0.410 e. The smallest absolute Gasteiger partial charge is 0.410 e. The molecule has 0 N–H and O–H groups in total. The number of fused-ring (bicyclic) bond motifs is 2. The molecule has 5 nitrogen and oxygen atoms in total. The molecule has 3 rings (SSSR count). The number of piperidine rings is 1. The van der Waals surface area contributed by atoms with Gasteiger partial charge in [-0.05, 0) is 65.5 Å². The highest BCUT2D eigenvalue weighted by molar-refractivity contribution is 5.97. The lowest BCUT2D eigenvalue weighted by molar-refractivity contribution is 0.00254. The molecule has 130 valence electrons. The molecule has 2 unspecified atom stereocenters. The number of carbonyl (C=O) groups excluding carboxylic acids is 2.